The van der Waals surface area contributed by atoms with E-state index in [0.29, 0.717) is 0 Å². The number of nitrogens with zero attached hydrogens (tertiary/aromatic N) is 2. The summed E-state index contributed by atoms with van der Waals surface area (Å²) < 4.78 is 0. The molecule has 2 nitrogen and oxygen atoms in total. The monoisotopic (exact) mass is 878 g/mol. The van der Waals surface area contributed by atoms with Crippen LogP contribution in [0.1, 0.15) is 22.3 Å². The van der Waals surface area contributed by atoms with Crippen molar-refractivity contribution in [1.29, 1.82) is 0 Å². The Kier molecular flexibility index (Phi) is 9.77. The minimum absolute atomic E-state index is 0.574. The molecule has 11 aromatic rings. The van der Waals surface area contributed by atoms with Crippen LogP contribution in [-0.2, 0) is 5.41 Å². The van der Waals surface area contributed by atoms with E-state index in [1.54, 1.807) is 0 Å². The maximum atomic E-state index is 2.48. The van der Waals surface area contributed by atoms with Crippen LogP contribution < -0.4 is 9.80 Å². The first-order valence-corrected chi connectivity index (χ1v) is 23.8. The third kappa shape index (κ3) is 6.56. The van der Waals surface area contributed by atoms with Gasteiger partial charge in [-0.1, -0.05) is 224 Å². The van der Waals surface area contributed by atoms with Gasteiger partial charge >= 0.3 is 0 Å². The normalized spacial score (nSPS) is 12.7. The second-order valence-corrected chi connectivity index (χ2v) is 18.0. The standard InChI is InChI=1S/C67H46N2/c1-4-20-47(21-5-1)52-24-18-27-55(46-52)68(54-44-42-49(43-45-54)48-38-40-51(41-39-48)57-29-11-10-28-56(57)50-22-6-2-7-23-50)65-37-19-34-62-66(65)58-30-12-13-31-59(58)67(62)60-32-14-16-35-63(60)69(53-25-8-3-9-26-53)64-36-17-15-33-61(64)67/h1-46H. The summed E-state index contributed by atoms with van der Waals surface area (Å²) in [4.78, 5) is 4.92. The number of anilines is 6. The second kappa shape index (κ2) is 16.7. The van der Waals surface area contributed by atoms with Crippen molar-refractivity contribution in [3.05, 3.63) is 301 Å². The lowest BCUT2D eigenvalue weighted by Crippen LogP contribution is -2.36. The van der Waals surface area contributed by atoms with Crippen LogP contribution in [0.15, 0.2) is 279 Å². The average molecular weight is 879 g/mol. The van der Waals surface area contributed by atoms with Gasteiger partial charge in [0.1, 0.15) is 0 Å². The SMILES string of the molecule is c1ccc(-c2cccc(N(c3ccc(-c4ccc(-c5ccccc5-c5ccccc5)cc4)cc3)c3cccc4c3-c3ccccc3C43c4ccccc4N(c4ccccc4)c4ccccc43)c2)cc1. The van der Waals surface area contributed by atoms with E-state index in [1.165, 1.54) is 89.3 Å². The van der Waals surface area contributed by atoms with Gasteiger partial charge < -0.3 is 9.80 Å². The van der Waals surface area contributed by atoms with Gasteiger partial charge in [0.05, 0.1) is 22.5 Å². The van der Waals surface area contributed by atoms with Gasteiger partial charge in [-0.25, -0.2) is 0 Å². The lowest BCUT2D eigenvalue weighted by Gasteiger charge is -2.45. The van der Waals surface area contributed by atoms with E-state index in [9.17, 15) is 0 Å². The Morgan fingerprint density at radius 2 is 0.710 bits per heavy atom. The van der Waals surface area contributed by atoms with Crippen molar-refractivity contribution in [3.8, 4) is 55.6 Å². The molecule has 1 heterocycles. The van der Waals surface area contributed by atoms with E-state index in [4.69, 9.17) is 0 Å². The predicted octanol–water partition coefficient (Wildman–Crippen LogP) is 18.0. The molecule has 0 saturated heterocycles. The molecule has 0 fully saturated rings. The minimum atomic E-state index is -0.574. The van der Waals surface area contributed by atoms with Crippen molar-refractivity contribution >= 4 is 34.1 Å². The molecule has 0 amide bonds. The molecule has 0 saturated carbocycles. The smallest absolute Gasteiger partial charge is 0.0755 e. The molecule has 2 aliphatic rings. The molecule has 0 N–H and O–H groups in total. The van der Waals surface area contributed by atoms with Crippen molar-refractivity contribution in [1.82, 2.24) is 0 Å². The largest absolute Gasteiger partial charge is 0.310 e. The number of para-hydroxylation sites is 3. The molecular formula is C67H46N2. The third-order valence-corrected chi connectivity index (χ3v) is 14.3. The summed E-state index contributed by atoms with van der Waals surface area (Å²) in [6, 6.07) is 102. The molecular weight excluding hydrogens is 833 g/mol. The van der Waals surface area contributed by atoms with Crippen LogP contribution in [0.25, 0.3) is 55.6 Å². The molecule has 69 heavy (non-hydrogen) atoms. The van der Waals surface area contributed by atoms with E-state index in [0.717, 1.165) is 22.7 Å². The zero-order valence-corrected chi connectivity index (χ0v) is 38.0. The summed E-state index contributed by atoms with van der Waals surface area (Å²) in [6.07, 6.45) is 0. The van der Waals surface area contributed by atoms with Crippen LogP contribution >= 0.6 is 0 Å². The Labute approximate surface area is 404 Å². The topological polar surface area (TPSA) is 6.48 Å². The Hall–Kier alpha value is -8.98. The minimum Gasteiger partial charge on any atom is -0.310 e. The van der Waals surface area contributed by atoms with E-state index < -0.39 is 5.41 Å². The quantitative estimate of drug-likeness (QED) is 0.150. The lowest BCUT2D eigenvalue weighted by atomic mass is 9.64. The maximum Gasteiger partial charge on any atom is 0.0755 e. The molecule has 0 aromatic heterocycles. The van der Waals surface area contributed by atoms with Crippen molar-refractivity contribution in [3.63, 3.8) is 0 Å². The summed E-state index contributed by atoms with van der Waals surface area (Å²) in [7, 11) is 0. The highest BCUT2D eigenvalue weighted by molar-refractivity contribution is 6.01. The van der Waals surface area contributed by atoms with E-state index >= 15 is 0 Å². The van der Waals surface area contributed by atoms with Crippen LogP contribution in [0.2, 0.25) is 0 Å². The molecule has 13 rings (SSSR count). The van der Waals surface area contributed by atoms with Gasteiger partial charge in [-0.15, -0.1) is 0 Å². The number of hydrogen-bond acceptors (Lipinski definition) is 2. The number of hydrogen-bond donors (Lipinski definition) is 0. The van der Waals surface area contributed by atoms with Gasteiger partial charge in [-0.2, -0.15) is 0 Å². The number of rotatable bonds is 8. The van der Waals surface area contributed by atoms with E-state index in [2.05, 4.69) is 289 Å². The molecule has 11 aromatic carbocycles. The van der Waals surface area contributed by atoms with Gasteiger partial charge in [0.2, 0.25) is 0 Å². The summed E-state index contributed by atoms with van der Waals surface area (Å²) in [5.41, 5.74) is 23.4. The predicted molar refractivity (Wildman–Crippen MR) is 288 cm³/mol. The van der Waals surface area contributed by atoms with Gasteiger partial charge in [0.15, 0.2) is 0 Å². The number of fused-ring (bicyclic) bond motifs is 9. The fourth-order valence-corrected chi connectivity index (χ4v) is 11.3. The van der Waals surface area contributed by atoms with Crippen molar-refractivity contribution in [2.45, 2.75) is 5.41 Å². The fraction of sp³-hybridized carbons (Fsp3) is 0.0149. The Morgan fingerprint density at radius 3 is 1.35 bits per heavy atom. The van der Waals surface area contributed by atoms with Gasteiger partial charge in [0.25, 0.3) is 0 Å². The second-order valence-electron chi connectivity index (χ2n) is 18.0. The van der Waals surface area contributed by atoms with Crippen molar-refractivity contribution in [2.24, 2.45) is 0 Å². The highest BCUT2D eigenvalue weighted by Crippen LogP contribution is 2.65. The first-order chi connectivity index (χ1) is 34.3. The highest BCUT2D eigenvalue weighted by atomic mass is 15.2. The Morgan fingerprint density at radius 1 is 0.275 bits per heavy atom. The van der Waals surface area contributed by atoms with Crippen LogP contribution in [0.5, 0.6) is 0 Å². The third-order valence-electron chi connectivity index (χ3n) is 14.3. The fourth-order valence-electron chi connectivity index (χ4n) is 11.3. The van der Waals surface area contributed by atoms with E-state index in [1.807, 2.05) is 0 Å². The Balaban J connectivity index is 0.977. The van der Waals surface area contributed by atoms with Gasteiger partial charge in [0, 0.05) is 22.6 Å². The van der Waals surface area contributed by atoms with Crippen LogP contribution in [-0.4, -0.2) is 0 Å². The molecule has 0 atom stereocenters. The molecule has 0 unspecified atom stereocenters. The van der Waals surface area contributed by atoms with Crippen LogP contribution in [0.4, 0.5) is 34.1 Å². The maximum absolute atomic E-state index is 2.48. The molecule has 0 radical (unpaired) electrons. The van der Waals surface area contributed by atoms with Gasteiger partial charge in [-0.05, 0) is 127 Å². The molecule has 2 heteroatoms. The van der Waals surface area contributed by atoms with Crippen LogP contribution in [0.3, 0.4) is 0 Å². The lowest BCUT2D eigenvalue weighted by molar-refractivity contribution is 0.752. The molecule has 0 bridgehead atoms. The molecule has 1 aliphatic carbocycles. The first-order valence-electron chi connectivity index (χ1n) is 23.8. The number of benzene rings is 11. The first kappa shape index (κ1) is 40.3. The van der Waals surface area contributed by atoms with Crippen molar-refractivity contribution < 1.29 is 0 Å². The summed E-state index contributed by atoms with van der Waals surface area (Å²) in [5, 5.41) is 0. The van der Waals surface area contributed by atoms with E-state index in [-0.39, 0.29) is 0 Å². The summed E-state index contributed by atoms with van der Waals surface area (Å²) in [6.45, 7) is 0. The average Bonchev–Trinajstić information content (AvgIpc) is 3.73. The highest BCUT2D eigenvalue weighted by Gasteiger charge is 2.52. The zero-order valence-electron chi connectivity index (χ0n) is 38.0. The zero-order chi connectivity index (χ0) is 45.7. The molecule has 1 aliphatic heterocycles. The molecule has 324 valence electrons. The van der Waals surface area contributed by atoms with Crippen LogP contribution in [0, 0.1) is 0 Å². The summed E-state index contributed by atoms with van der Waals surface area (Å²) >= 11 is 0. The van der Waals surface area contributed by atoms with Gasteiger partial charge in [-0.3, -0.25) is 0 Å². The van der Waals surface area contributed by atoms with Crippen molar-refractivity contribution in [2.75, 3.05) is 9.80 Å². The molecule has 1 spiro atoms. The summed E-state index contributed by atoms with van der Waals surface area (Å²) in [5.74, 6) is 0. The Bertz CT molecular complexity index is 3610.